The van der Waals surface area contributed by atoms with Crippen LogP contribution in [0.25, 0.3) is 0 Å². The number of rotatable bonds is 1. The fourth-order valence-electron chi connectivity index (χ4n) is 0.112. The summed E-state index contributed by atoms with van der Waals surface area (Å²) < 4.78 is 1.89. The Morgan fingerprint density at radius 2 is 2.33 bits per heavy atom. The van der Waals surface area contributed by atoms with Crippen LogP contribution in [0.2, 0.25) is 0 Å². The molecule has 6 heavy (non-hydrogen) atoms. The minimum Gasteiger partial charge on any atom is -0.192 e. The van der Waals surface area contributed by atoms with Gasteiger partial charge in [-0.25, -0.2) is 0 Å². The molecule has 0 aliphatic heterocycles. The van der Waals surface area contributed by atoms with Crippen LogP contribution < -0.4 is 0 Å². The first kappa shape index (κ1) is 5.45. The third-order valence-corrected chi connectivity index (χ3v) is 0.744. The van der Waals surface area contributed by atoms with E-state index in [0.717, 1.165) is 6.54 Å². The first-order chi connectivity index (χ1) is 2.81. The van der Waals surface area contributed by atoms with Crippen molar-refractivity contribution in [2.24, 2.45) is 0 Å². The number of hydrogen-bond acceptors (Lipinski definition) is 0. The highest BCUT2D eigenvalue weighted by Gasteiger charge is 1.76. The molecule has 0 bridgehead atoms. The molecule has 0 radical (unpaired) electrons. The normalized spacial score (nSPS) is 7.00. The second kappa shape index (κ2) is 2.67. The standard InChI is InChI=1S/C5H10N/c1-4-6(3)5-2/h1,5H2,2-3H3/q+1. The quantitative estimate of drug-likeness (QED) is 0.321. The summed E-state index contributed by atoms with van der Waals surface area (Å²) in [6.07, 6.45) is 0. The van der Waals surface area contributed by atoms with E-state index in [1.54, 1.807) is 0 Å². The van der Waals surface area contributed by atoms with Gasteiger partial charge >= 0.3 is 0 Å². The first-order valence-corrected chi connectivity index (χ1v) is 2.05. The van der Waals surface area contributed by atoms with Gasteiger partial charge in [-0.2, -0.15) is 4.58 Å². The van der Waals surface area contributed by atoms with Gasteiger partial charge in [0.15, 0.2) is 5.87 Å². The topological polar surface area (TPSA) is 3.01 Å². The van der Waals surface area contributed by atoms with Crippen molar-refractivity contribution in [3.05, 3.63) is 6.58 Å². The smallest absolute Gasteiger partial charge is 0.158 e. The zero-order valence-electron chi connectivity index (χ0n) is 4.36. The van der Waals surface area contributed by atoms with Crippen molar-refractivity contribution in [1.82, 2.24) is 0 Å². The fraction of sp³-hybridized carbons (Fsp3) is 0.600. The predicted octanol–water partition coefficient (Wildman–Crippen LogP) is 0.504. The van der Waals surface area contributed by atoms with Crippen molar-refractivity contribution < 1.29 is 4.58 Å². The molecule has 0 N–H and O–H groups in total. The zero-order chi connectivity index (χ0) is 4.99. The van der Waals surface area contributed by atoms with E-state index < -0.39 is 0 Å². The molecule has 0 amide bonds. The Balaban J connectivity index is 3.52. The van der Waals surface area contributed by atoms with Crippen molar-refractivity contribution in [1.29, 1.82) is 0 Å². The average molecular weight is 84.1 g/mol. The second-order valence-electron chi connectivity index (χ2n) is 1.17. The Labute approximate surface area is 38.6 Å². The maximum atomic E-state index is 3.43. The largest absolute Gasteiger partial charge is 0.192 e. The lowest BCUT2D eigenvalue weighted by atomic mass is 10.7. The Kier molecular flexibility index (Phi) is 2.43. The molecular weight excluding hydrogens is 74.1 g/mol. The van der Waals surface area contributed by atoms with E-state index >= 15 is 0 Å². The van der Waals surface area contributed by atoms with E-state index in [9.17, 15) is 0 Å². The van der Waals surface area contributed by atoms with Gasteiger partial charge in [0.1, 0.15) is 13.6 Å². The molecule has 0 aromatic rings. The molecule has 0 saturated carbocycles. The molecule has 0 aromatic carbocycles. The summed E-state index contributed by atoms with van der Waals surface area (Å²) in [5.41, 5.74) is 0. The summed E-state index contributed by atoms with van der Waals surface area (Å²) in [7, 11) is 1.94. The predicted molar refractivity (Wildman–Crippen MR) is 27.4 cm³/mol. The Morgan fingerprint density at radius 1 is 1.83 bits per heavy atom. The molecule has 0 rings (SSSR count). The van der Waals surface area contributed by atoms with Crippen LogP contribution in [0, 0.1) is 0 Å². The van der Waals surface area contributed by atoms with Crippen LogP contribution in [-0.4, -0.2) is 24.0 Å². The average Bonchev–Trinajstić information content (AvgIpc) is 1.65. The summed E-state index contributed by atoms with van der Waals surface area (Å²) >= 11 is 0. The van der Waals surface area contributed by atoms with Crippen LogP contribution in [0.15, 0.2) is 6.58 Å². The molecule has 0 aromatic heterocycles. The highest BCUT2D eigenvalue weighted by molar-refractivity contribution is 5.39. The lowest BCUT2D eigenvalue weighted by molar-refractivity contribution is -0.485. The molecule has 0 spiro atoms. The van der Waals surface area contributed by atoms with Crippen molar-refractivity contribution in [2.75, 3.05) is 13.6 Å². The Morgan fingerprint density at radius 3 is 2.33 bits per heavy atom. The van der Waals surface area contributed by atoms with Gasteiger partial charge in [0.05, 0.1) is 0 Å². The third kappa shape index (κ3) is 1.74. The first-order valence-electron chi connectivity index (χ1n) is 2.05. The molecule has 34 valence electrons. The minimum absolute atomic E-state index is 0.990. The minimum atomic E-state index is 0.990. The molecule has 0 aliphatic rings. The van der Waals surface area contributed by atoms with Crippen LogP contribution >= 0.6 is 0 Å². The summed E-state index contributed by atoms with van der Waals surface area (Å²) in [4.78, 5) is 0. The van der Waals surface area contributed by atoms with Crippen molar-refractivity contribution >= 4 is 5.87 Å². The van der Waals surface area contributed by atoms with Crippen LogP contribution in [0.5, 0.6) is 0 Å². The van der Waals surface area contributed by atoms with Crippen molar-refractivity contribution in [3.8, 4) is 0 Å². The lowest BCUT2D eigenvalue weighted by Crippen LogP contribution is -1.99. The molecule has 0 heterocycles. The second-order valence-corrected chi connectivity index (χ2v) is 1.17. The Bertz CT molecular complexity index is 77.9. The van der Waals surface area contributed by atoms with E-state index in [4.69, 9.17) is 0 Å². The monoisotopic (exact) mass is 84.1 g/mol. The molecule has 0 unspecified atom stereocenters. The molecule has 0 atom stereocenters. The summed E-state index contributed by atoms with van der Waals surface area (Å²) in [5, 5.41) is 0. The molecule has 0 saturated heterocycles. The maximum Gasteiger partial charge on any atom is 0.158 e. The van der Waals surface area contributed by atoms with Gasteiger partial charge in [0, 0.05) is 6.58 Å². The van der Waals surface area contributed by atoms with Gasteiger partial charge in [0.25, 0.3) is 0 Å². The maximum absolute atomic E-state index is 3.43. The van der Waals surface area contributed by atoms with E-state index in [1.165, 1.54) is 0 Å². The third-order valence-electron chi connectivity index (χ3n) is 0.744. The summed E-state index contributed by atoms with van der Waals surface area (Å²) in [6, 6.07) is 0. The Hall–Kier alpha value is -0.550. The highest BCUT2D eigenvalue weighted by Crippen LogP contribution is 1.55. The molecule has 1 heteroatoms. The fourth-order valence-corrected chi connectivity index (χ4v) is 0.112. The van der Waals surface area contributed by atoms with Crippen LogP contribution in [0.1, 0.15) is 6.92 Å². The SMILES string of the molecule is C=C=[N+](C)CC. The van der Waals surface area contributed by atoms with Gasteiger partial charge in [0.2, 0.25) is 0 Å². The van der Waals surface area contributed by atoms with Gasteiger partial charge in [-0.05, 0) is 6.92 Å². The van der Waals surface area contributed by atoms with E-state index in [0.29, 0.717) is 0 Å². The molecular formula is C5H10N+. The van der Waals surface area contributed by atoms with Gasteiger partial charge in [-0.3, -0.25) is 0 Å². The zero-order valence-corrected chi connectivity index (χ0v) is 4.36. The van der Waals surface area contributed by atoms with Crippen molar-refractivity contribution in [2.45, 2.75) is 6.92 Å². The van der Waals surface area contributed by atoms with Crippen LogP contribution in [0.4, 0.5) is 0 Å². The van der Waals surface area contributed by atoms with E-state index in [-0.39, 0.29) is 0 Å². The summed E-state index contributed by atoms with van der Waals surface area (Å²) in [6.45, 7) is 6.48. The molecule has 0 aliphatic carbocycles. The van der Waals surface area contributed by atoms with E-state index in [2.05, 4.69) is 19.4 Å². The highest BCUT2D eigenvalue weighted by atomic mass is 14.9. The van der Waals surface area contributed by atoms with Gasteiger partial charge in [-0.1, -0.05) is 0 Å². The van der Waals surface area contributed by atoms with Gasteiger partial charge in [-0.15, -0.1) is 0 Å². The van der Waals surface area contributed by atoms with E-state index in [1.807, 2.05) is 11.6 Å². The number of hydrogen-bond donors (Lipinski definition) is 0. The van der Waals surface area contributed by atoms with Crippen molar-refractivity contribution in [3.63, 3.8) is 0 Å². The van der Waals surface area contributed by atoms with Gasteiger partial charge < -0.3 is 0 Å². The number of nitrogens with zero attached hydrogens (tertiary/aromatic N) is 1. The van der Waals surface area contributed by atoms with Crippen LogP contribution in [-0.2, 0) is 0 Å². The summed E-state index contributed by atoms with van der Waals surface area (Å²) in [5.74, 6) is 2.70. The molecule has 1 nitrogen and oxygen atoms in total. The molecule has 0 fully saturated rings. The van der Waals surface area contributed by atoms with Crippen LogP contribution in [0.3, 0.4) is 0 Å². The lowest BCUT2D eigenvalue weighted by Gasteiger charge is -1.76.